The molecule has 0 aliphatic heterocycles. The second-order valence-corrected chi connectivity index (χ2v) is 5.98. The summed E-state index contributed by atoms with van der Waals surface area (Å²) < 4.78 is 6.11. The van der Waals surface area contributed by atoms with E-state index < -0.39 is 0 Å². The van der Waals surface area contributed by atoms with Gasteiger partial charge in [0.2, 0.25) is 0 Å². The summed E-state index contributed by atoms with van der Waals surface area (Å²) in [4.78, 5) is 0. The zero-order valence-electron chi connectivity index (χ0n) is 14.2. The molecule has 4 aromatic rings. The van der Waals surface area contributed by atoms with Crippen LogP contribution in [0.5, 0.6) is 17.2 Å². The van der Waals surface area contributed by atoms with Gasteiger partial charge in [-0.1, -0.05) is 84.9 Å². The molecule has 0 bridgehead atoms. The van der Waals surface area contributed by atoms with Crippen molar-refractivity contribution in [2.24, 2.45) is 0 Å². The number of benzene rings is 4. The predicted octanol–water partition coefficient (Wildman–Crippen LogP) is 6.52. The lowest BCUT2D eigenvalue weighted by molar-refractivity contribution is 0.412. The summed E-state index contributed by atoms with van der Waals surface area (Å²) in [5.41, 5.74) is 4.28. The summed E-state index contributed by atoms with van der Waals surface area (Å²) in [5, 5.41) is 10.1. The molecule has 0 fully saturated rings. The van der Waals surface area contributed by atoms with Crippen LogP contribution in [0.2, 0.25) is 0 Å². The van der Waals surface area contributed by atoms with E-state index in [0.29, 0.717) is 11.5 Å². The Morgan fingerprint density at radius 2 is 1.08 bits per heavy atom. The third-order valence-corrected chi connectivity index (χ3v) is 4.26. The molecule has 0 aromatic heterocycles. The Bertz CT molecular complexity index is 1010. The molecule has 0 unspecified atom stereocenters. The predicted molar refractivity (Wildman–Crippen MR) is 105 cm³/mol. The lowest BCUT2D eigenvalue weighted by Crippen LogP contribution is -1.92. The van der Waals surface area contributed by atoms with E-state index in [4.69, 9.17) is 4.74 Å². The van der Waals surface area contributed by atoms with Crippen LogP contribution >= 0.6 is 0 Å². The van der Waals surface area contributed by atoms with E-state index in [-0.39, 0.29) is 5.75 Å². The quantitative estimate of drug-likeness (QED) is 0.459. The van der Waals surface area contributed by atoms with Gasteiger partial charge in [-0.15, -0.1) is 0 Å². The molecule has 0 aliphatic rings. The zero-order chi connectivity index (χ0) is 17.8. The normalized spacial score (nSPS) is 10.5. The number of aromatic hydroxyl groups is 1. The average molecular weight is 338 g/mol. The van der Waals surface area contributed by atoms with Crippen LogP contribution in [0.3, 0.4) is 0 Å². The number of para-hydroxylation sites is 2. The minimum atomic E-state index is 0.122. The zero-order valence-corrected chi connectivity index (χ0v) is 14.2. The molecule has 0 saturated carbocycles. The molecule has 2 heteroatoms. The fourth-order valence-corrected chi connectivity index (χ4v) is 3.04. The van der Waals surface area contributed by atoms with Gasteiger partial charge in [-0.2, -0.15) is 0 Å². The fourth-order valence-electron chi connectivity index (χ4n) is 3.04. The topological polar surface area (TPSA) is 29.5 Å². The molecule has 1 N–H and O–H groups in total. The Kier molecular flexibility index (Phi) is 4.40. The summed E-state index contributed by atoms with van der Waals surface area (Å²) in [7, 11) is 0. The van der Waals surface area contributed by atoms with Gasteiger partial charge in [-0.05, 0) is 34.9 Å². The van der Waals surface area contributed by atoms with Gasteiger partial charge in [0.25, 0.3) is 0 Å². The summed E-state index contributed by atoms with van der Waals surface area (Å²) in [6.07, 6.45) is 0. The molecule has 0 heterocycles. The molecule has 0 radical (unpaired) electrons. The highest BCUT2D eigenvalue weighted by Gasteiger charge is 2.15. The van der Waals surface area contributed by atoms with Crippen LogP contribution in [-0.4, -0.2) is 5.11 Å². The molecule has 4 rings (SSSR count). The minimum absolute atomic E-state index is 0.122. The third kappa shape index (κ3) is 3.17. The fraction of sp³-hybridized carbons (Fsp3) is 0. The van der Waals surface area contributed by atoms with Gasteiger partial charge in [0.1, 0.15) is 5.75 Å². The first-order chi connectivity index (χ1) is 12.8. The van der Waals surface area contributed by atoms with Crippen molar-refractivity contribution in [2.45, 2.75) is 0 Å². The van der Waals surface area contributed by atoms with Crippen LogP contribution in [0.1, 0.15) is 0 Å². The minimum Gasteiger partial charge on any atom is -0.504 e. The molecule has 0 aliphatic carbocycles. The molecule has 126 valence electrons. The number of hydrogen-bond acceptors (Lipinski definition) is 2. The molecule has 4 aromatic carbocycles. The second kappa shape index (κ2) is 7.16. The first-order valence-corrected chi connectivity index (χ1v) is 8.52. The van der Waals surface area contributed by atoms with E-state index in [2.05, 4.69) is 30.3 Å². The van der Waals surface area contributed by atoms with Gasteiger partial charge in [-0.25, -0.2) is 0 Å². The SMILES string of the molecule is Oc1ccccc1Oc1cccc(-c2ccccc2)c1-c1ccccc1. The molecular formula is C24H18O2. The average Bonchev–Trinajstić information content (AvgIpc) is 2.71. The highest BCUT2D eigenvalue weighted by molar-refractivity contribution is 5.87. The molecular weight excluding hydrogens is 320 g/mol. The number of hydrogen-bond donors (Lipinski definition) is 1. The van der Waals surface area contributed by atoms with E-state index in [0.717, 1.165) is 22.3 Å². The van der Waals surface area contributed by atoms with Crippen LogP contribution in [0.4, 0.5) is 0 Å². The van der Waals surface area contributed by atoms with E-state index >= 15 is 0 Å². The van der Waals surface area contributed by atoms with E-state index in [1.165, 1.54) is 0 Å². The molecule has 0 amide bonds. The van der Waals surface area contributed by atoms with E-state index in [9.17, 15) is 5.11 Å². The summed E-state index contributed by atoms with van der Waals surface area (Å²) >= 11 is 0. The summed E-state index contributed by atoms with van der Waals surface area (Å²) in [6.45, 7) is 0. The van der Waals surface area contributed by atoms with Crippen molar-refractivity contribution in [1.82, 2.24) is 0 Å². The Labute approximate surface area is 153 Å². The van der Waals surface area contributed by atoms with Gasteiger partial charge in [-0.3, -0.25) is 0 Å². The van der Waals surface area contributed by atoms with Gasteiger partial charge < -0.3 is 9.84 Å². The van der Waals surface area contributed by atoms with Crippen molar-refractivity contribution in [3.63, 3.8) is 0 Å². The molecule has 0 saturated heterocycles. The van der Waals surface area contributed by atoms with Crippen molar-refractivity contribution < 1.29 is 9.84 Å². The van der Waals surface area contributed by atoms with Gasteiger partial charge in [0.05, 0.1) is 0 Å². The van der Waals surface area contributed by atoms with E-state index in [1.807, 2.05) is 54.6 Å². The van der Waals surface area contributed by atoms with Crippen molar-refractivity contribution in [1.29, 1.82) is 0 Å². The van der Waals surface area contributed by atoms with Gasteiger partial charge >= 0.3 is 0 Å². The second-order valence-electron chi connectivity index (χ2n) is 5.98. The molecule has 2 nitrogen and oxygen atoms in total. The monoisotopic (exact) mass is 338 g/mol. The summed E-state index contributed by atoms with van der Waals surface area (Å²) in [6, 6.07) is 33.4. The maximum atomic E-state index is 10.1. The standard InChI is InChI=1S/C24H18O2/c25-21-15-7-8-16-22(21)26-23-17-9-14-20(18-10-3-1-4-11-18)24(23)19-12-5-2-6-13-19/h1-17,25H. The third-order valence-electron chi connectivity index (χ3n) is 4.26. The molecule has 0 spiro atoms. The van der Waals surface area contributed by atoms with Crippen molar-refractivity contribution in [2.75, 3.05) is 0 Å². The van der Waals surface area contributed by atoms with E-state index in [1.54, 1.807) is 18.2 Å². The number of ether oxygens (including phenoxy) is 1. The largest absolute Gasteiger partial charge is 0.504 e. The van der Waals surface area contributed by atoms with Gasteiger partial charge in [0.15, 0.2) is 11.5 Å². The maximum absolute atomic E-state index is 10.1. The molecule has 0 atom stereocenters. The summed E-state index contributed by atoms with van der Waals surface area (Å²) in [5.74, 6) is 1.27. The number of rotatable bonds is 4. The van der Waals surface area contributed by atoms with Crippen molar-refractivity contribution >= 4 is 0 Å². The Morgan fingerprint density at radius 1 is 0.500 bits per heavy atom. The Balaban J connectivity index is 1.90. The Morgan fingerprint density at radius 3 is 1.77 bits per heavy atom. The van der Waals surface area contributed by atoms with Crippen LogP contribution in [-0.2, 0) is 0 Å². The smallest absolute Gasteiger partial charge is 0.169 e. The van der Waals surface area contributed by atoms with Crippen LogP contribution in [0, 0.1) is 0 Å². The molecule has 26 heavy (non-hydrogen) atoms. The number of phenolic OH excluding ortho intramolecular Hbond substituents is 1. The van der Waals surface area contributed by atoms with Gasteiger partial charge in [0, 0.05) is 5.56 Å². The lowest BCUT2D eigenvalue weighted by atomic mass is 9.94. The first-order valence-electron chi connectivity index (χ1n) is 8.52. The van der Waals surface area contributed by atoms with Crippen LogP contribution in [0.25, 0.3) is 22.3 Å². The van der Waals surface area contributed by atoms with Crippen molar-refractivity contribution in [3.8, 4) is 39.5 Å². The first kappa shape index (κ1) is 16.0. The Hall–Kier alpha value is -3.52. The highest BCUT2D eigenvalue weighted by atomic mass is 16.5. The van der Waals surface area contributed by atoms with Crippen LogP contribution in [0.15, 0.2) is 103 Å². The van der Waals surface area contributed by atoms with Crippen molar-refractivity contribution in [3.05, 3.63) is 103 Å². The highest BCUT2D eigenvalue weighted by Crippen LogP contribution is 2.42. The number of phenols is 1. The van der Waals surface area contributed by atoms with Crippen LogP contribution < -0.4 is 4.74 Å². The lowest BCUT2D eigenvalue weighted by Gasteiger charge is -2.16. The maximum Gasteiger partial charge on any atom is 0.169 e.